The summed E-state index contributed by atoms with van der Waals surface area (Å²) in [7, 11) is 1.64. The van der Waals surface area contributed by atoms with Gasteiger partial charge in [-0.15, -0.1) is 0 Å². The summed E-state index contributed by atoms with van der Waals surface area (Å²) in [5.74, 6) is -0.108. The lowest BCUT2D eigenvalue weighted by molar-refractivity contribution is -0.131. The standard InChI is InChI=1S/C20H21NO4/c1-25-18-7-3-2-5-16(18)17-6-4-12-21(17)19(22)13-14-8-10-15(11-9-14)20(23)24/h2-3,5,7-11,17H,4,6,12-13H2,1H3,(H,23,24). The van der Waals surface area contributed by atoms with Gasteiger partial charge in [0.15, 0.2) is 0 Å². The summed E-state index contributed by atoms with van der Waals surface area (Å²) in [5.41, 5.74) is 2.09. The second-order valence-corrected chi connectivity index (χ2v) is 6.17. The van der Waals surface area contributed by atoms with E-state index in [4.69, 9.17) is 9.84 Å². The number of rotatable bonds is 5. The molecule has 0 bridgehead atoms. The van der Waals surface area contributed by atoms with Crippen molar-refractivity contribution in [1.29, 1.82) is 0 Å². The van der Waals surface area contributed by atoms with E-state index in [0.29, 0.717) is 0 Å². The molecular weight excluding hydrogens is 318 g/mol. The molecule has 25 heavy (non-hydrogen) atoms. The molecule has 0 aromatic heterocycles. The van der Waals surface area contributed by atoms with E-state index in [2.05, 4.69) is 0 Å². The number of carbonyl (C=O) groups excluding carboxylic acids is 1. The molecule has 0 spiro atoms. The highest BCUT2D eigenvalue weighted by Crippen LogP contribution is 2.37. The van der Waals surface area contributed by atoms with Crippen molar-refractivity contribution in [1.82, 2.24) is 4.90 Å². The average Bonchev–Trinajstić information content (AvgIpc) is 3.11. The molecule has 1 atom stereocenters. The number of aromatic carboxylic acids is 1. The molecule has 5 nitrogen and oxygen atoms in total. The lowest BCUT2D eigenvalue weighted by atomic mass is 10.0. The zero-order valence-electron chi connectivity index (χ0n) is 14.1. The number of hydrogen-bond donors (Lipinski definition) is 1. The number of carbonyl (C=O) groups is 2. The number of nitrogens with zero attached hydrogens (tertiary/aromatic N) is 1. The third kappa shape index (κ3) is 3.65. The first-order valence-electron chi connectivity index (χ1n) is 8.35. The Morgan fingerprint density at radius 2 is 1.88 bits per heavy atom. The molecule has 5 heteroatoms. The van der Waals surface area contributed by atoms with Gasteiger partial charge in [-0.3, -0.25) is 4.79 Å². The van der Waals surface area contributed by atoms with E-state index in [1.165, 1.54) is 12.1 Å². The van der Waals surface area contributed by atoms with Crippen LogP contribution >= 0.6 is 0 Å². The van der Waals surface area contributed by atoms with Crippen LogP contribution in [0.4, 0.5) is 0 Å². The number of amides is 1. The first kappa shape index (κ1) is 17.0. The Morgan fingerprint density at radius 1 is 1.16 bits per heavy atom. The highest BCUT2D eigenvalue weighted by atomic mass is 16.5. The minimum absolute atomic E-state index is 0.0296. The molecule has 1 fully saturated rings. The number of carboxylic acid groups (broad SMARTS) is 1. The van der Waals surface area contributed by atoms with Crippen LogP contribution in [0.2, 0.25) is 0 Å². The predicted molar refractivity (Wildman–Crippen MR) is 93.8 cm³/mol. The summed E-state index contributed by atoms with van der Waals surface area (Å²) in [4.78, 5) is 25.6. The van der Waals surface area contributed by atoms with Gasteiger partial charge in [0, 0.05) is 12.1 Å². The first-order chi connectivity index (χ1) is 12.1. The van der Waals surface area contributed by atoms with Crippen LogP contribution in [-0.4, -0.2) is 35.5 Å². The van der Waals surface area contributed by atoms with Gasteiger partial charge in [0.2, 0.25) is 5.91 Å². The van der Waals surface area contributed by atoms with E-state index in [9.17, 15) is 9.59 Å². The highest BCUT2D eigenvalue weighted by Gasteiger charge is 2.31. The maximum absolute atomic E-state index is 12.8. The number of hydrogen-bond acceptors (Lipinski definition) is 3. The van der Waals surface area contributed by atoms with E-state index >= 15 is 0 Å². The van der Waals surface area contributed by atoms with Crippen molar-refractivity contribution in [3.05, 3.63) is 65.2 Å². The summed E-state index contributed by atoms with van der Waals surface area (Å²) in [6.45, 7) is 0.731. The fourth-order valence-electron chi connectivity index (χ4n) is 3.37. The fourth-order valence-corrected chi connectivity index (χ4v) is 3.37. The molecule has 3 rings (SSSR count). The topological polar surface area (TPSA) is 66.8 Å². The zero-order chi connectivity index (χ0) is 17.8. The van der Waals surface area contributed by atoms with Crippen molar-refractivity contribution >= 4 is 11.9 Å². The molecule has 0 saturated carbocycles. The molecule has 0 aliphatic carbocycles. The van der Waals surface area contributed by atoms with Crippen molar-refractivity contribution in [3.8, 4) is 5.75 Å². The molecule has 1 aliphatic rings. The van der Waals surface area contributed by atoms with Crippen LogP contribution < -0.4 is 4.74 Å². The van der Waals surface area contributed by atoms with E-state index in [1.54, 1.807) is 19.2 Å². The third-order valence-corrected chi connectivity index (χ3v) is 4.63. The Balaban J connectivity index is 1.75. The van der Waals surface area contributed by atoms with Crippen LogP contribution in [0, 0.1) is 0 Å². The molecule has 1 N–H and O–H groups in total. The molecule has 130 valence electrons. The second kappa shape index (κ2) is 7.38. The Kier molecular flexibility index (Phi) is 5.03. The van der Waals surface area contributed by atoms with Gasteiger partial charge in [0.25, 0.3) is 0 Å². The summed E-state index contributed by atoms with van der Waals surface area (Å²) in [5, 5.41) is 8.95. The maximum atomic E-state index is 12.8. The number of methoxy groups -OCH3 is 1. The minimum Gasteiger partial charge on any atom is -0.496 e. The van der Waals surface area contributed by atoms with Gasteiger partial charge in [-0.2, -0.15) is 0 Å². The van der Waals surface area contributed by atoms with E-state index in [1.807, 2.05) is 29.2 Å². The van der Waals surface area contributed by atoms with Crippen LogP contribution in [-0.2, 0) is 11.2 Å². The van der Waals surface area contributed by atoms with Crippen LogP contribution in [0.3, 0.4) is 0 Å². The summed E-state index contributed by atoms with van der Waals surface area (Å²) >= 11 is 0. The number of carboxylic acids is 1. The monoisotopic (exact) mass is 339 g/mol. The quantitative estimate of drug-likeness (QED) is 0.908. The van der Waals surface area contributed by atoms with Gasteiger partial charge >= 0.3 is 5.97 Å². The van der Waals surface area contributed by atoms with Crippen molar-refractivity contribution in [2.24, 2.45) is 0 Å². The first-order valence-corrected chi connectivity index (χ1v) is 8.35. The number of ether oxygens (including phenoxy) is 1. The second-order valence-electron chi connectivity index (χ2n) is 6.17. The summed E-state index contributed by atoms with van der Waals surface area (Å²) in [6, 6.07) is 14.3. The molecule has 1 unspecified atom stereocenters. The number of para-hydroxylation sites is 1. The minimum atomic E-state index is -0.964. The van der Waals surface area contributed by atoms with Crippen LogP contribution in [0.5, 0.6) is 5.75 Å². The molecule has 1 aliphatic heterocycles. The largest absolute Gasteiger partial charge is 0.496 e. The Bertz CT molecular complexity index is 770. The van der Waals surface area contributed by atoms with Gasteiger partial charge < -0.3 is 14.7 Å². The van der Waals surface area contributed by atoms with Gasteiger partial charge in [-0.05, 0) is 36.6 Å². The number of benzene rings is 2. The van der Waals surface area contributed by atoms with Gasteiger partial charge in [0.1, 0.15) is 5.75 Å². The summed E-state index contributed by atoms with van der Waals surface area (Å²) < 4.78 is 5.45. The predicted octanol–water partition coefficient (Wildman–Crippen LogP) is 3.30. The average molecular weight is 339 g/mol. The number of likely N-dealkylation sites (tertiary alicyclic amines) is 1. The van der Waals surface area contributed by atoms with Crippen molar-refractivity contribution in [3.63, 3.8) is 0 Å². The lowest BCUT2D eigenvalue weighted by Gasteiger charge is -2.26. The molecule has 1 saturated heterocycles. The van der Waals surface area contributed by atoms with Crippen LogP contribution in [0.25, 0.3) is 0 Å². The van der Waals surface area contributed by atoms with E-state index in [-0.39, 0.29) is 23.9 Å². The molecule has 2 aromatic rings. The molecule has 1 amide bonds. The van der Waals surface area contributed by atoms with Crippen molar-refractivity contribution < 1.29 is 19.4 Å². The maximum Gasteiger partial charge on any atom is 0.335 e. The Labute approximate surface area is 146 Å². The van der Waals surface area contributed by atoms with Crippen molar-refractivity contribution in [2.45, 2.75) is 25.3 Å². The van der Waals surface area contributed by atoms with Gasteiger partial charge in [-0.1, -0.05) is 30.3 Å². The Morgan fingerprint density at radius 3 is 2.56 bits per heavy atom. The van der Waals surface area contributed by atoms with Gasteiger partial charge in [-0.25, -0.2) is 4.79 Å². The molecular formula is C20H21NO4. The van der Waals surface area contributed by atoms with Crippen molar-refractivity contribution in [2.75, 3.05) is 13.7 Å². The van der Waals surface area contributed by atoms with Crippen LogP contribution in [0.1, 0.15) is 40.4 Å². The molecule has 0 radical (unpaired) electrons. The highest BCUT2D eigenvalue weighted by molar-refractivity contribution is 5.87. The smallest absolute Gasteiger partial charge is 0.335 e. The Hall–Kier alpha value is -2.82. The fraction of sp³-hybridized carbons (Fsp3) is 0.300. The summed E-state index contributed by atoms with van der Waals surface area (Å²) in [6.07, 6.45) is 2.15. The molecule has 1 heterocycles. The normalized spacial score (nSPS) is 16.7. The van der Waals surface area contributed by atoms with Gasteiger partial charge in [0.05, 0.1) is 25.1 Å². The zero-order valence-corrected chi connectivity index (χ0v) is 14.1. The third-order valence-electron chi connectivity index (χ3n) is 4.63. The lowest BCUT2D eigenvalue weighted by Crippen LogP contribution is -2.32. The molecule has 2 aromatic carbocycles. The van der Waals surface area contributed by atoms with E-state index < -0.39 is 5.97 Å². The van der Waals surface area contributed by atoms with E-state index in [0.717, 1.165) is 36.3 Å². The SMILES string of the molecule is COc1ccccc1C1CCCN1C(=O)Cc1ccc(C(=O)O)cc1. The van der Waals surface area contributed by atoms with Crippen LogP contribution in [0.15, 0.2) is 48.5 Å².